The average Bonchev–Trinajstić information content (AvgIpc) is 1.58. The molecule has 0 aromatic rings. The van der Waals surface area contributed by atoms with E-state index in [1.807, 2.05) is 0 Å². The molecule has 0 fully saturated rings. The Bertz CT molecular complexity index is 307. The van der Waals surface area contributed by atoms with Gasteiger partial charge < -0.3 is 6.53 Å². The zero-order chi connectivity index (χ0) is 9.50. The molecular formula is C2H7NaO7S2. The Labute approximate surface area is 93.1 Å². The molecule has 0 saturated carbocycles. The first-order valence-electron chi connectivity index (χ1n) is 2.16. The van der Waals surface area contributed by atoms with Crippen LogP contribution in [0.1, 0.15) is 8.35 Å². The molecule has 0 unspecified atom stereocenters. The molecule has 0 aromatic heterocycles. The maximum atomic E-state index is 10.1. The minimum atomic E-state index is -5.24. The van der Waals surface area contributed by atoms with Crippen molar-refractivity contribution in [2.45, 2.75) is 11.2 Å². The number of aliphatic hydroxyl groups is 1. The molecule has 70 valence electrons. The molecule has 3 N–H and O–H groups in total. The van der Waals surface area contributed by atoms with E-state index in [0.717, 1.165) is 0 Å². The monoisotopic (exact) mass is 230 g/mol. The van der Waals surface area contributed by atoms with Crippen LogP contribution in [0.4, 0.5) is 0 Å². The molecule has 0 heterocycles. The summed E-state index contributed by atoms with van der Waals surface area (Å²) >= 11 is 0. The van der Waals surface area contributed by atoms with Crippen molar-refractivity contribution < 1.29 is 62.0 Å². The van der Waals surface area contributed by atoms with Crippen LogP contribution in [-0.4, -0.2) is 35.3 Å². The van der Waals surface area contributed by atoms with E-state index in [0.29, 0.717) is 0 Å². The predicted molar refractivity (Wildman–Crippen MR) is 34.8 cm³/mol. The molecule has 7 nitrogen and oxygen atoms in total. The molecule has 0 aliphatic rings. The molecule has 0 atom stereocenters. The zero-order valence-corrected chi connectivity index (χ0v) is 9.92. The second kappa shape index (κ2) is 3.88. The van der Waals surface area contributed by atoms with Gasteiger partial charge in [-0.2, -0.15) is 16.8 Å². The summed E-state index contributed by atoms with van der Waals surface area (Å²) < 4.78 is 52.8. The third-order valence-electron chi connectivity index (χ3n) is 0.957. The molecule has 0 amide bonds. The van der Waals surface area contributed by atoms with Crippen LogP contribution in [0.15, 0.2) is 0 Å². The Hall–Kier alpha value is 0.780. The van der Waals surface area contributed by atoms with Gasteiger partial charge in [0.2, 0.25) is 0 Å². The van der Waals surface area contributed by atoms with E-state index in [9.17, 15) is 16.8 Å². The first kappa shape index (κ1) is 15.3. The average molecular weight is 230 g/mol. The zero-order valence-electron chi connectivity index (χ0n) is 7.29. The second-order valence-electron chi connectivity index (χ2n) is 1.85. The number of hydrogen-bond donors (Lipinski definition) is 3. The van der Waals surface area contributed by atoms with Gasteiger partial charge in [-0.25, -0.2) is 0 Å². The topological polar surface area (TPSA) is 129 Å². The largest absolute Gasteiger partial charge is 1.00 e. The van der Waals surface area contributed by atoms with Gasteiger partial charge in [-0.05, 0) is 6.92 Å². The summed E-state index contributed by atoms with van der Waals surface area (Å²) in [6, 6.07) is 0. The van der Waals surface area contributed by atoms with Crippen molar-refractivity contribution in [3.63, 3.8) is 0 Å². The molecule has 0 rings (SSSR count). The summed E-state index contributed by atoms with van der Waals surface area (Å²) in [7, 11) is -10.5. The Balaban J connectivity index is -0.000000500. The second-order valence-corrected chi connectivity index (χ2v) is 5.60. The fourth-order valence-electron chi connectivity index (χ4n) is 0.133. The summed E-state index contributed by atoms with van der Waals surface area (Å²) in [5, 5.41) is 8.51. The molecule has 10 heteroatoms. The minimum absolute atomic E-state index is 0. The van der Waals surface area contributed by atoms with Crippen LogP contribution in [0.3, 0.4) is 0 Å². The van der Waals surface area contributed by atoms with E-state index in [2.05, 4.69) is 0 Å². The van der Waals surface area contributed by atoms with Gasteiger partial charge in [0.15, 0.2) is 0 Å². The van der Waals surface area contributed by atoms with E-state index in [1.54, 1.807) is 0 Å². The number of rotatable bonds is 2. The van der Waals surface area contributed by atoms with Crippen molar-refractivity contribution in [3.8, 4) is 0 Å². The van der Waals surface area contributed by atoms with Gasteiger partial charge >= 0.3 is 54.1 Å². The Kier molecular flexibility index (Phi) is 4.94. The van der Waals surface area contributed by atoms with Crippen molar-refractivity contribution in [3.05, 3.63) is 0 Å². The summed E-state index contributed by atoms with van der Waals surface area (Å²) in [6.45, 7) is 0.234. The van der Waals surface area contributed by atoms with Crippen molar-refractivity contribution in [1.29, 1.82) is 0 Å². The van der Waals surface area contributed by atoms with E-state index >= 15 is 0 Å². The Morgan fingerprint density at radius 2 is 1.25 bits per heavy atom. The molecule has 0 aliphatic heterocycles. The van der Waals surface area contributed by atoms with E-state index in [-0.39, 0.29) is 37.9 Å². The van der Waals surface area contributed by atoms with Gasteiger partial charge in [0, 0.05) is 0 Å². The number of hydrogen-bond acceptors (Lipinski definition) is 5. The summed E-state index contributed by atoms with van der Waals surface area (Å²) in [5.41, 5.74) is 0. The van der Waals surface area contributed by atoms with Gasteiger partial charge in [0.1, 0.15) is 0 Å². The van der Waals surface area contributed by atoms with Crippen LogP contribution in [0, 0.1) is 0 Å². The Morgan fingerprint density at radius 1 is 1.08 bits per heavy atom. The van der Waals surface area contributed by atoms with Gasteiger partial charge in [0.25, 0.3) is 0 Å². The van der Waals surface area contributed by atoms with Crippen LogP contribution in [0.5, 0.6) is 0 Å². The van der Waals surface area contributed by atoms with Gasteiger partial charge in [0.05, 0.1) is 0 Å². The summed E-state index contributed by atoms with van der Waals surface area (Å²) in [6.07, 6.45) is 0. The van der Waals surface area contributed by atoms with Gasteiger partial charge in [-0.15, -0.1) is 0 Å². The SMILES string of the molecule is CC(O)(S(=O)(=O)O)S(=O)(=O)O.[H-].[Na+]. The van der Waals surface area contributed by atoms with E-state index in [1.165, 1.54) is 0 Å². The molecule has 0 aliphatic carbocycles. The summed E-state index contributed by atoms with van der Waals surface area (Å²) in [4.78, 5) is 0. The van der Waals surface area contributed by atoms with Crippen molar-refractivity contribution in [2.75, 3.05) is 0 Å². The molecule has 0 aromatic carbocycles. The van der Waals surface area contributed by atoms with E-state index in [4.69, 9.17) is 14.2 Å². The fourth-order valence-corrected chi connectivity index (χ4v) is 1.20. The molecule has 0 radical (unpaired) electrons. The quantitative estimate of drug-likeness (QED) is 0.322. The third kappa shape index (κ3) is 2.92. The van der Waals surface area contributed by atoms with Crippen LogP contribution in [-0.2, 0) is 20.2 Å². The maximum Gasteiger partial charge on any atom is 1.00 e. The first-order chi connectivity index (χ1) is 4.50. The first-order valence-corrected chi connectivity index (χ1v) is 5.04. The molecule has 0 saturated heterocycles. The third-order valence-corrected chi connectivity index (χ3v) is 4.14. The van der Waals surface area contributed by atoms with Crippen molar-refractivity contribution in [1.82, 2.24) is 0 Å². The molecule has 12 heavy (non-hydrogen) atoms. The molecule has 0 spiro atoms. The van der Waals surface area contributed by atoms with Gasteiger partial charge in [-0.3, -0.25) is 9.11 Å². The van der Waals surface area contributed by atoms with Crippen LogP contribution < -0.4 is 29.6 Å². The molecular weight excluding hydrogens is 223 g/mol. The van der Waals surface area contributed by atoms with Gasteiger partial charge in [-0.1, -0.05) is 0 Å². The van der Waals surface area contributed by atoms with Crippen LogP contribution >= 0.6 is 0 Å². The standard InChI is InChI=1S/C2H6O7S2.Na.H/c1-2(3,10(4,5)6)11(7,8)9;;/h3H,1H3,(H,4,5,6)(H,7,8,9);;/q;+1;-1. The van der Waals surface area contributed by atoms with E-state index < -0.39 is 24.5 Å². The maximum absolute atomic E-state index is 10.1. The fraction of sp³-hybridized carbons (Fsp3) is 1.00. The normalized spacial score (nSPS) is 13.7. The molecule has 0 bridgehead atoms. The Morgan fingerprint density at radius 3 is 1.25 bits per heavy atom. The predicted octanol–water partition coefficient (Wildman–Crippen LogP) is -4.46. The van der Waals surface area contributed by atoms with Crippen LogP contribution in [0.25, 0.3) is 0 Å². The minimum Gasteiger partial charge on any atom is -1.00 e. The van der Waals surface area contributed by atoms with Crippen LogP contribution in [0.2, 0.25) is 0 Å². The van der Waals surface area contributed by atoms with Crippen molar-refractivity contribution >= 4 is 20.2 Å². The smallest absolute Gasteiger partial charge is 1.00 e. The van der Waals surface area contributed by atoms with Crippen molar-refractivity contribution in [2.24, 2.45) is 0 Å². The summed E-state index contributed by atoms with van der Waals surface area (Å²) in [5.74, 6) is 0.